The lowest BCUT2D eigenvalue weighted by Gasteiger charge is -2.39. The van der Waals surface area contributed by atoms with Crippen molar-refractivity contribution in [2.24, 2.45) is 10.8 Å². The topological polar surface area (TPSA) is 36.9 Å². The van der Waals surface area contributed by atoms with Crippen LogP contribution in [0.15, 0.2) is 0 Å². The first-order valence-electron chi connectivity index (χ1n) is 5.50. The summed E-state index contributed by atoms with van der Waals surface area (Å²) >= 11 is 0. The maximum Gasteiger partial charge on any atom is 0.256 e. The Balaban J connectivity index is 1.82. The molecule has 0 radical (unpaired) electrons. The lowest BCUT2D eigenvalue weighted by atomic mass is 9.97. The fourth-order valence-corrected chi connectivity index (χ4v) is 5.46. The molecule has 6 heteroatoms. The molecule has 0 aromatic carbocycles. The fraction of sp³-hybridized carbons (Fsp3) is 1.00. The van der Waals surface area contributed by atoms with Crippen LogP contribution in [0.3, 0.4) is 0 Å². The molecule has 2 heterocycles. The molecule has 2 aliphatic heterocycles. The highest BCUT2D eigenvalue weighted by Gasteiger charge is 2.40. The Labute approximate surface area is 99.7 Å². The second kappa shape index (κ2) is 4.76. The summed E-state index contributed by atoms with van der Waals surface area (Å²) in [7, 11) is -1.94. The third-order valence-electron chi connectivity index (χ3n) is 2.40. The van der Waals surface area contributed by atoms with E-state index < -0.39 is 16.1 Å². The molecule has 16 heavy (non-hydrogen) atoms. The van der Waals surface area contributed by atoms with E-state index in [-0.39, 0.29) is 10.8 Å². The average Bonchev–Trinajstić information content (AvgIpc) is 2.19. The summed E-state index contributed by atoms with van der Waals surface area (Å²) in [5, 5.41) is 0. The Morgan fingerprint density at radius 3 is 1.12 bits per heavy atom. The standard InChI is InChI=1S/C10H20O4P2/c1-9(2)5-11-15(12-6-9)16-13-7-10(3,4)8-14-16/h5-8H2,1-4H3. The van der Waals surface area contributed by atoms with Crippen LogP contribution in [0.4, 0.5) is 0 Å². The third kappa shape index (κ3) is 3.35. The second-order valence-corrected chi connectivity index (χ2v) is 9.84. The van der Waals surface area contributed by atoms with Gasteiger partial charge in [-0.05, 0) is 0 Å². The van der Waals surface area contributed by atoms with Crippen LogP contribution in [0.25, 0.3) is 0 Å². The van der Waals surface area contributed by atoms with Crippen molar-refractivity contribution in [3.05, 3.63) is 0 Å². The molecule has 0 aliphatic carbocycles. The summed E-state index contributed by atoms with van der Waals surface area (Å²) in [6.45, 7) is 11.5. The summed E-state index contributed by atoms with van der Waals surface area (Å²) in [6.07, 6.45) is 0. The van der Waals surface area contributed by atoms with E-state index in [0.717, 1.165) is 26.4 Å². The normalized spacial score (nSPS) is 31.5. The first-order chi connectivity index (χ1) is 7.38. The van der Waals surface area contributed by atoms with Crippen LogP contribution in [-0.4, -0.2) is 26.4 Å². The molecular formula is C10H20O4P2. The predicted octanol–water partition coefficient (Wildman–Crippen LogP) is 3.67. The molecule has 0 amide bonds. The fourth-order valence-electron chi connectivity index (χ4n) is 1.27. The molecule has 0 N–H and O–H groups in total. The Kier molecular flexibility index (Phi) is 3.91. The second-order valence-electron chi connectivity index (χ2n) is 5.90. The monoisotopic (exact) mass is 266 g/mol. The molecule has 0 aromatic heterocycles. The van der Waals surface area contributed by atoms with Crippen molar-refractivity contribution in [1.29, 1.82) is 0 Å². The van der Waals surface area contributed by atoms with Gasteiger partial charge in [0.1, 0.15) is 0 Å². The highest BCUT2D eigenvalue weighted by Crippen LogP contribution is 2.74. The van der Waals surface area contributed by atoms with Crippen molar-refractivity contribution < 1.29 is 18.1 Å². The van der Waals surface area contributed by atoms with Crippen LogP contribution < -0.4 is 0 Å². The first-order valence-corrected chi connectivity index (χ1v) is 8.56. The quantitative estimate of drug-likeness (QED) is 0.678. The van der Waals surface area contributed by atoms with E-state index in [9.17, 15) is 0 Å². The smallest absolute Gasteiger partial charge is 0.256 e. The van der Waals surface area contributed by atoms with Crippen molar-refractivity contribution in [3.8, 4) is 0 Å². The van der Waals surface area contributed by atoms with Crippen molar-refractivity contribution in [2.75, 3.05) is 26.4 Å². The van der Waals surface area contributed by atoms with E-state index in [1.54, 1.807) is 0 Å². The van der Waals surface area contributed by atoms with Gasteiger partial charge in [-0.2, -0.15) is 0 Å². The summed E-state index contributed by atoms with van der Waals surface area (Å²) in [5.41, 5.74) is 0.229. The van der Waals surface area contributed by atoms with E-state index in [2.05, 4.69) is 27.7 Å². The van der Waals surface area contributed by atoms with Crippen molar-refractivity contribution in [3.63, 3.8) is 0 Å². The zero-order chi connectivity index (χ0) is 11.8. The molecular weight excluding hydrogens is 246 g/mol. The van der Waals surface area contributed by atoms with E-state index in [0.29, 0.717) is 0 Å². The van der Waals surface area contributed by atoms with Crippen LogP contribution in [0.1, 0.15) is 27.7 Å². The van der Waals surface area contributed by atoms with E-state index in [1.807, 2.05) is 0 Å². The number of hydrogen-bond acceptors (Lipinski definition) is 4. The Morgan fingerprint density at radius 2 is 0.875 bits per heavy atom. The minimum Gasteiger partial charge on any atom is -0.327 e. The van der Waals surface area contributed by atoms with Crippen LogP contribution in [0.5, 0.6) is 0 Å². The number of hydrogen-bond donors (Lipinski definition) is 0. The Hall–Kier alpha value is 0.700. The summed E-state index contributed by atoms with van der Waals surface area (Å²) in [5.74, 6) is 0. The van der Waals surface area contributed by atoms with Gasteiger partial charge in [-0.15, -0.1) is 0 Å². The van der Waals surface area contributed by atoms with Gasteiger partial charge in [0.25, 0.3) is 16.1 Å². The Bertz CT molecular complexity index is 211. The van der Waals surface area contributed by atoms with Gasteiger partial charge in [0.15, 0.2) is 0 Å². The summed E-state index contributed by atoms with van der Waals surface area (Å²) in [4.78, 5) is 0. The van der Waals surface area contributed by atoms with Gasteiger partial charge in [-0.1, -0.05) is 27.7 Å². The van der Waals surface area contributed by atoms with Crippen LogP contribution in [0, 0.1) is 10.8 Å². The molecule has 0 bridgehead atoms. The van der Waals surface area contributed by atoms with E-state index in [4.69, 9.17) is 18.1 Å². The molecule has 2 fully saturated rings. The molecule has 94 valence electrons. The van der Waals surface area contributed by atoms with E-state index >= 15 is 0 Å². The van der Waals surface area contributed by atoms with Gasteiger partial charge >= 0.3 is 0 Å². The van der Waals surface area contributed by atoms with Crippen molar-refractivity contribution >= 4 is 16.1 Å². The predicted molar refractivity (Wildman–Crippen MR) is 65.2 cm³/mol. The molecule has 0 atom stereocenters. The lowest BCUT2D eigenvalue weighted by Crippen LogP contribution is -2.30. The molecule has 2 rings (SSSR count). The van der Waals surface area contributed by atoms with E-state index in [1.165, 1.54) is 0 Å². The maximum absolute atomic E-state index is 5.72. The van der Waals surface area contributed by atoms with Crippen LogP contribution >= 0.6 is 16.1 Å². The molecule has 0 spiro atoms. The number of rotatable bonds is 1. The van der Waals surface area contributed by atoms with Crippen LogP contribution in [0.2, 0.25) is 0 Å². The van der Waals surface area contributed by atoms with Gasteiger partial charge in [0, 0.05) is 10.8 Å². The Morgan fingerprint density at radius 1 is 0.625 bits per heavy atom. The zero-order valence-electron chi connectivity index (χ0n) is 10.4. The first kappa shape index (κ1) is 13.1. The van der Waals surface area contributed by atoms with Crippen LogP contribution in [-0.2, 0) is 18.1 Å². The zero-order valence-corrected chi connectivity index (χ0v) is 12.1. The van der Waals surface area contributed by atoms with Gasteiger partial charge in [-0.25, -0.2) is 0 Å². The van der Waals surface area contributed by atoms with Gasteiger partial charge in [0.05, 0.1) is 26.4 Å². The minimum absolute atomic E-state index is 0.114. The molecule has 2 aliphatic rings. The molecule has 0 saturated carbocycles. The minimum atomic E-state index is -0.969. The van der Waals surface area contributed by atoms with Gasteiger partial charge in [-0.3, -0.25) is 0 Å². The molecule has 4 nitrogen and oxygen atoms in total. The van der Waals surface area contributed by atoms with Crippen molar-refractivity contribution in [2.45, 2.75) is 27.7 Å². The molecule has 0 aromatic rings. The highest BCUT2D eigenvalue weighted by atomic mass is 32.1. The highest BCUT2D eigenvalue weighted by molar-refractivity contribution is 8.21. The summed E-state index contributed by atoms with van der Waals surface area (Å²) in [6, 6.07) is 0. The SMILES string of the molecule is CC1(C)COP(P2OCC(C)(C)CO2)OC1. The maximum atomic E-state index is 5.72. The third-order valence-corrected chi connectivity index (χ3v) is 6.25. The summed E-state index contributed by atoms with van der Waals surface area (Å²) < 4.78 is 22.9. The lowest BCUT2D eigenvalue weighted by molar-refractivity contribution is 0.0479. The molecule has 0 unspecified atom stereocenters. The largest absolute Gasteiger partial charge is 0.327 e. The average molecular weight is 266 g/mol. The molecule has 2 saturated heterocycles. The van der Waals surface area contributed by atoms with Gasteiger partial charge in [0.2, 0.25) is 0 Å². The van der Waals surface area contributed by atoms with Crippen molar-refractivity contribution in [1.82, 2.24) is 0 Å². The van der Waals surface area contributed by atoms with Gasteiger partial charge < -0.3 is 18.1 Å².